The van der Waals surface area contributed by atoms with Gasteiger partial charge in [0.05, 0.1) is 0 Å². The van der Waals surface area contributed by atoms with Crippen LogP contribution in [0.4, 0.5) is 0 Å². The van der Waals surface area contributed by atoms with Crippen LogP contribution in [0, 0.1) is 5.92 Å². The number of benzene rings is 1. The van der Waals surface area contributed by atoms with Crippen molar-refractivity contribution in [2.75, 3.05) is 13.1 Å². The van der Waals surface area contributed by atoms with Crippen LogP contribution in [0.3, 0.4) is 0 Å². The Balaban J connectivity index is 1.91. The molecule has 0 aromatic heterocycles. The zero-order chi connectivity index (χ0) is 13.8. The van der Waals surface area contributed by atoms with Crippen LogP contribution in [0.1, 0.15) is 24.8 Å². The van der Waals surface area contributed by atoms with Crippen molar-refractivity contribution in [2.24, 2.45) is 5.92 Å². The lowest BCUT2D eigenvalue weighted by Gasteiger charge is -2.31. The topological polar surface area (TPSA) is 40.5 Å². The van der Waals surface area contributed by atoms with E-state index in [-0.39, 0.29) is 6.42 Å². The third kappa shape index (κ3) is 4.10. The molecule has 1 aliphatic rings. The molecule has 0 radical (unpaired) electrons. The average Bonchev–Trinajstić information content (AvgIpc) is 2.35. The average molecular weight is 302 g/mol. The minimum Gasteiger partial charge on any atom is -0.481 e. The number of piperidine rings is 1. The van der Waals surface area contributed by atoms with Gasteiger partial charge in [-0.15, -0.1) is 0 Å². The molecule has 5 heteroatoms. The summed E-state index contributed by atoms with van der Waals surface area (Å²) in [5.41, 5.74) is 0.961. The molecule has 1 saturated heterocycles. The van der Waals surface area contributed by atoms with Gasteiger partial charge < -0.3 is 5.11 Å². The molecule has 1 N–H and O–H groups in total. The molecule has 1 fully saturated rings. The molecular formula is C14H17Cl2NO2. The summed E-state index contributed by atoms with van der Waals surface area (Å²) in [4.78, 5) is 13.0. The molecule has 1 aromatic rings. The molecule has 3 nitrogen and oxygen atoms in total. The second kappa shape index (κ2) is 6.60. The van der Waals surface area contributed by atoms with Crippen LogP contribution in [0.5, 0.6) is 0 Å². The summed E-state index contributed by atoms with van der Waals surface area (Å²) in [7, 11) is 0. The van der Waals surface area contributed by atoms with Gasteiger partial charge in [0.15, 0.2) is 0 Å². The van der Waals surface area contributed by atoms with E-state index in [0.717, 1.165) is 38.0 Å². The van der Waals surface area contributed by atoms with Gasteiger partial charge in [-0.2, -0.15) is 0 Å². The van der Waals surface area contributed by atoms with Crippen LogP contribution in [-0.4, -0.2) is 29.1 Å². The number of carboxylic acids is 1. The first-order chi connectivity index (χ1) is 9.06. The summed E-state index contributed by atoms with van der Waals surface area (Å²) >= 11 is 12.3. The normalized spacial score (nSPS) is 17.6. The number of nitrogens with zero attached hydrogens (tertiary/aromatic N) is 1. The van der Waals surface area contributed by atoms with Crippen LogP contribution in [0.15, 0.2) is 18.2 Å². The van der Waals surface area contributed by atoms with E-state index in [9.17, 15) is 4.79 Å². The summed E-state index contributed by atoms with van der Waals surface area (Å²) < 4.78 is 0. The highest BCUT2D eigenvalue weighted by atomic mass is 35.5. The van der Waals surface area contributed by atoms with E-state index in [4.69, 9.17) is 28.3 Å². The molecule has 0 unspecified atom stereocenters. The van der Waals surface area contributed by atoms with Gasteiger partial charge in [0, 0.05) is 28.6 Å². The van der Waals surface area contributed by atoms with Crippen LogP contribution in [0.2, 0.25) is 10.0 Å². The van der Waals surface area contributed by atoms with Crippen molar-refractivity contribution in [3.63, 3.8) is 0 Å². The van der Waals surface area contributed by atoms with Crippen LogP contribution in [0.25, 0.3) is 0 Å². The number of halogens is 2. The predicted molar refractivity (Wildman–Crippen MR) is 76.7 cm³/mol. The van der Waals surface area contributed by atoms with Crippen LogP contribution < -0.4 is 0 Å². The highest BCUT2D eigenvalue weighted by Crippen LogP contribution is 2.28. The number of aliphatic carboxylic acids is 1. The Morgan fingerprint density at radius 2 is 1.84 bits per heavy atom. The van der Waals surface area contributed by atoms with Gasteiger partial charge in [-0.05, 0) is 44.0 Å². The lowest BCUT2D eigenvalue weighted by molar-refractivity contribution is -0.138. The van der Waals surface area contributed by atoms with Gasteiger partial charge in [0.25, 0.3) is 0 Å². The third-order valence-electron chi connectivity index (χ3n) is 3.61. The van der Waals surface area contributed by atoms with E-state index in [1.807, 2.05) is 18.2 Å². The molecule has 0 amide bonds. The van der Waals surface area contributed by atoms with Crippen molar-refractivity contribution in [3.8, 4) is 0 Å². The number of hydrogen-bond donors (Lipinski definition) is 1. The highest BCUT2D eigenvalue weighted by molar-refractivity contribution is 6.35. The minimum absolute atomic E-state index is 0.278. The summed E-state index contributed by atoms with van der Waals surface area (Å²) in [6.45, 7) is 2.54. The van der Waals surface area contributed by atoms with Gasteiger partial charge in [-0.25, -0.2) is 0 Å². The fraction of sp³-hybridized carbons (Fsp3) is 0.500. The fourth-order valence-electron chi connectivity index (χ4n) is 2.50. The largest absolute Gasteiger partial charge is 0.481 e. The standard InChI is InChI=1S/C14H17Cl2NO2/c15-12-2-1-3-13(16)11(12)9-17-6-4-10(5-7-17)8-14(18)19/h1-3,10H,4-9H2,(H,18,19). The molecule has 0 aliphatic carbocycles. The Bertz CT molecular complexity index is 437. The van der Waals surface area contributed by atoms with E-state index < -0.39 is 5.97 Å². The number of carboxylic acid groups (broad SMARTS) is 1. The summed E-state index contributed by atoms with van der Waals surface area (Å²) in [5, 5.41) is 10.2. The SMILES string of the molecule is O=C(O)CC1CCN(Cc2c(Cl)cccc2Cl)CC1. The first-order valence-electron chi connectivity index (χ1n) is 6.43. The summed E-state index contributed by atoms with van der Waals surface area (Å²) in [6, 6.07) is 5.53. The smallest absolute Gasteiger partial charge is 0.303 e. The number of hydrogen-bond acceptors (Lipinski definition) is 2. The minimum atomic E-state index is -0.701. The molecule has 1 aromatic carbocycles. The van der Waals surface area contributed by atoms with Gasteiger partial charge >= 0.3 is 5.97 Å². The van der Waals surface area contributed by atoms with Crippen molar-refractivity contribution >= 4 is 29.2 Å². The zero-order valence-electron chi connectivity index (χ0n) is 10.6. The lowest BCUT2D eigenvalue weighted by Crippen LogP contribution is -2.34. The molecule has 19 heavy (non-hydrogen) atoms. The molecule has 1 aliphatic heterocycles. The van der Waals surface area contributed by atoms with Crippen LogP contribution in [-0.2, 0) is 11.3 Å². The number of likely N-dealkylation sites (tertiary alicyclic amines) is 1. The van der Waals surface area contributed by atoms with E-state index in [1.54, 1.807) is 0 Å². The lowest BCUT2D eigenvalue weighted by atomic mass is 9.93. The Kier molecular flexibility index (Phi) is 5.08. The molecule has 0 spiro atoms. The van der Waals surface area contributed by atoms with E-state index in [2.05, 4.69) is 4.90 Å². The second-order valence-corrected chi connectivity index (χ2v) is 5.83. The molecule has 0 saturated carbocycles. The van der Waals surface area contributed by atoms with Gasteiger partial charge in [0.2, 0.25) is 0 Å². The molecule has 104 valence electrons. The van der Waals surface area contributed by atoms with Gasteiger partial charge in [-0.3, -0.25) is 9.69 Å². The Morgan fingerprint density at radius 3 is 2.37 bits per heavy atom. The van der Waals surface area contributed by atoms with E-state index in [1.165, 1.54) is 0 Å². The second-order valence-electron chi connectivity index (χ2n) is 5.02. The maximum absolute atomic E-state index is 10.7. The third-order valence-corrected chi connectivity index (χ3v) is 4.32. The number of carbonyl (C=O) groups is 1. The highest BCUT2D eigenvalue weighted by Gasteiger charge is 2.22. The molecule has 2 rings (SSSR count). The summed E-state index contributed by atoms with van der Waals surface area (Å²) in [5.74, 6) is -0.400. The first kappa shape index (κ1) is 14.6. The molecular weight excluding hydrogens is 285 g/mol. The summed E-state index contributed by atoms with van der Waals surface area (Å²) in [6.07, 6.45) is 2.13. The van der Waals surface area contributed by atoms with Crippen LogP contribution >= 0.6 is 23.2 Å². The van der Waals surface area contributed by atoms with Gasteiger partial charge in [-0.1, -0.05) is 29.3 Å². The maximum Gasteiger partial charge on any atom is 0.303 e. The zero-order valence-corrected chi connectivity index (χ0v) is 12.1. The molecule has 0 bridgehead atoms. The Morgan fingerprint density at radius 1 is 1.26 bits per heavy atom. The van der Waals surface area contributed by atoms with E-state index >= 15 is 0 Å². The predicted octanol–water partition coefficient (Wildman–Crippen LogP) is 3.68. The molecule has 0 atom stereocenters. The monoisotopic (exact) mass is 301 g/mol. The Labute approximate surface area is 123 Å². The quantitative estimate of drug-likeness (QED) is 0.922. The maximum atomic E-state index is 10.7. The Hall–Kier alpha value is -0.770. The van der Waals surface area contributed by atoms with E-state index in [0.29, 0.717) is 16.0 Å². The first-order valence-corrected chi connectivity index (χ1v) is 7.19. The number of rotatable bonds is 4. The van der Waals surface area contributed by atoms with Gasteiger partial charge in [0.1, 0.15) is 0 Å². The molecule has 1 heterocycles. The fourth-order valence-corrected chi connectivity index (χ4v) is 3.02. The van der Waals surface area contributed by atoms with Crippen molar-refractivity contribution in [3.05, 3.63) is 33.8 Å². The van der Waals surface area contributed by atoms with Crippen molar-refractivity contribution in [1.82, 2.24) is 4.90 Å². The van der Waals surface area contributed by atoms with Crippen molar-refractivity contribution in [1.29, 1.82) is 0 Å². The van der Waals surface area contributed by atoms with Crippen molar-refractivity contribution in [2.45, 2.75) is 25.8 Å². The van der Waals surface area contributed by atoms with Crippen molar-refractivity contribution < 1.29 is 9.90 Å².